The van der Waals surface area contributed by atoms with E-state index in [0.29, 0.717) is 11.8 Å². The molecule has 0 fully saturated rings. The molecule has 2 aromatic carbocycles. The van der Waals surface area contributed by atoms with Crippen molar-refractivity contribution in [2.45, 2.75) is 44.4 Å². The first-order valence-corrected chi connectivity index (χ1v) is 10.4. The average Bonchev–Trinajstić information content (AvgIpc) is 2.60. The lowest BCUT2D eigenvalue weighted by molar-refractivity contribution is 0.578. The van der Waals surface area contributed by atoms with Crippen LogP contribution in [0.2, 0.25) is 0 Å². The maximum atomic E-state index is 12.3. The van der Waals surface area contributed by atoms with E-state index in [1.54, 1.807) is 18.2 Å². The molecule has 0 aliphatic carbocycles. The lowest BCUT2D eigenvalue weighted by Gasteiger charge is -2.21. The van der Waals surface area contributed by atoms with Gasteiger partial charge in [-0.05, 0) is 47.3 Å². The van der Waals surface area contributed by atoms with E-state index in [-0.39, 0.29) is 10.0 Å². The first kappa shape index (κ1) is 20.4. The van der Waals surface area contributed by atoms with E-state index < -0.39 is 10.0 Å². The molecule has 0 atom stereocenters. The third-order valence-corrected chi connectivity index (χ3v) is 5.43. The second-order valence-corrected chi connectivity index (χ2v) is 8.71. The molecule has 0 saturated carbocycles. The van der Waals surface area contributed by atoms with E-state index >= 15 is 0 Å². The number of anilines is 1. The molecular formula is C19H25N3O2S2. The molecule has 0 bridgehead atoms. The van der Waals surface area contributed by atoms with Crippen molar-refractivity contribution in [2.75, 3.05) is 5.32 Å². The van der Waals surface area contributed by atoms with Crippen molar-refractivity contribution >= 4 is 33.0 Å². The van der Waals surface area contributed by atoms with Crippen LogP contribution in [0.3, 0.4) is 0 Å². The zero-order chi connectivity index (χ0) is 19.3. The van der Waals surface area contributed by atoms with Crippen LogP contribution in [-0.2, 0) is 10.0 Å². The smallest absolute Gasteiger partial charge is 0.257 e. The fourth-order valence-corrected chi connectivity index (χ4v) is 3.70. The quantitative estimate of drug-likeness (QED) is 0.511. The number of thiocarbonyl (C=S) groups is 1. The second-order valence-electron chi connectivity index (χ2n) is 6.62. The molecule has 7 heteroatoms. The van der Waals surface area contributed by atoms with E-state index in [0.717, 1.165) is 16.8 Å². The Kier molecular flexibility index (Phi) is 6.75. The molecule has 0 spiro atoms. The predicted octanol–water partition coefficient (Wildman–Crippen LogP) is 4.11. The largest absolute Gasteiger partial charge is 0.331 e. The van der Waals surface area contributed by atoms with Crippen LogP contribution in [-0.4, -0.2) is 13.5 Å². The first-order chi connectivity index (χ1) is 12.2. The van der Waals surface area contributed by atoms with Crippen LogP contribution in [0.1, 0.15) is 50.7 Å². The fraction of sp³-hybridized carbons (Fsp3) is 0.316. The summed E-state index contributed by atoms with van der Waals surface area (Å²) in [5.41, 5.74) is 5.77. The van der Waals surface area contributed by atoms with Gasteiger partial charge < -0.3 is 5.32 Å². The minimum atomic E-state index is -3.69. The Hall–Kier alpha value is -1.96. The van der Waals surface area contributed by atoms with Crippen LogP contribution in [0.15, 0.2) is 53.4 Å². The molecule has 0 unspecified atom stereocenters. The molecule has 2 rings (SSSR count). The number of hydrogen-bond donors (Lipinski definition) is 3. The zero-order valence-corrected chi connectivity index (χ0v) is 17.0. The van der Waals surface area contributed by atoms with Crippen molar-refractivity contribution in [3.05, 3.63) is 59.7 Å². The van der Waals surface area contributed by atoms with Gasteiger partial charge in [0.2, 0.25) is 0 Å². The number of para-hydroxylation sites is 1. The number of benzene rings is 2. The average molecular weight is 392 g/mol. The summed E-state index contributed by atoms with van der Waals surface area (Å²) in [6, 6.07) is 14.3. The highest BCUT2D eigenvalue weighted by molar-refractivity contribution is 7.89. The standard InChI is InChI=1S/C19H25N3O2S2/c1-13(2)16-11-8-12-17(14(3)4)18(16)20-19(25)21-22-26(23,24)15-9-6-5-7-10-15/h5-14,22H,1-4H3,(H2,20,21,25). The van der Waals surface area contributed by atoms with Crippen molar-refractivity contribution < 1.29 is 8.42 Å². The summed E-state index contributed by atoms with van der Waals surface area (Å²) < 4.78 is 24.6. The summed E-state index contributed by atoms with van der Waals surface area (Å²) in [7, 11) is -3.69. The van der Waals surface area contributed by atoms with E-state index in [4.69, 9.17) is 12.2 Å². The van der Waals surface area contributed by atoms with Gasteiger partial charge in [-0.25, -0.2) is 8.42 Å². The molecule has 0 aromatic heterocycles. The second kappa shape index (κ2) is 8.62. The number of sulfonamides is 1. The molecule has 26 heavy (non-hydrogen) atoms. The number of hydrazine groups is 1. The molecule has 2 aromatic rings. The molecule has 5 nitrogen and oxygen atoms in total. The minimum absolute atomic E-state index is 0.167. The Morgan fingerprint density at radius 3 is 1.92 bits per heavy atom. The lowest BCUT2D eigenvalue weighted by Crippen LogP contribution is -2.43. The summed E-state index contributed by atoms with van der Waals surface area (Å²) in [6.07, 6.45) is 0. The van der Waals surface area contributed by atoms with Crippen LogP contribution in [0.4, 0.5) is 5.69 Å². The van der Waals surface area contributed by atoms with Crippen molar-refractivity contribution in [1.82, 2.24) is 10.3 Å². The highest BCUT2D eigenvalue weighted by Crippen LogP contribution is 2.32. The van der Waals surface area contributed by atoms with Gasteiger partial charge in [0.15, 0.2) is 5.11 Å². The Morgan fingerprint density at radius 2 is 1.42 bits per heavy atom. The Labute approximate surface area is 161 Å². The summed E-state index contributed by atoms with van der Waals surface area (Å²) in [4.78, 5) is 2.48. The van der Waals surface area contributed by atoms with Crippen LogP contribution in [0.5, 0.6) is 0 Å². The van der Waals surface area contributed by atoms with Gasteiger partial charge in [-0.3, -0.25) is 5.43 Å². The van der Waals surface area contributed by atoms with Gasteiger partial charge in [-0.15, -0.1) is 4.83 Å². The topological polar surface area (TPSA) is 70.2 Å². The van der Waals surface area contributed by atoms with Gasteiger partial charge in [0.25, 0.3) is 10.0 Å². The molecule has 0 radical (unpaired) electrons. The summed E-state index contributed by atoms with van der Waals surface area (Å²) in [5, 5.41) is 3.35. The van der Waals surface area contributed by atoms with Gasteiger partial charge in [-0.1, -0.05) is 64.1 Å². The molecule has 140 valence electrons. The molecule has 0 amide bonds. The normalized spacial score (nSPS) is 11.6. The Balaban J connectivity index is 2.16. The van der Waals surface area contributed by atoms with Crippen LogP contribution in [0, 0.1) is 0 Å². The van der Waals surface area contributed by atoms with Gasteiger partial charge >= 0.3 is 0 Å². The van der Waals surface area contributed by atoms with Gasteiger partial charge in [0.05, 0.1) is 4.90 Å². The summed E-state index contributed by atoms with van der Waals surface area (Å²) in [5.74, 6) is 0.611. The summed E-state index contributed by atoms with van der Waals surface area (Å²) >= 11 is 5.30. The van der Waals surface area contributed by atoms with Crippen molar-refractivity contribution in [1.29, 1.82) is 0 Å². The highest BCUT2D eigenvalue weighted by Gasteiger charge is 2.16. The molecule has 0 aliphatic rings. The monoisotopic (exact) mass is 391 g/mol. The molecule has 0 heterocycles. The van der Waals surface area contributed by atoms with Gasteiger partial charge in [0.1, 0.15) is 0 Å². The van der Waals surface area contributed by atoms with E-state index in [2.05, 4.69) is 55.4 Å². The first-order valence-electron chi connectivity index (χ1n) is 8.49. The third kappa shape index (κ3) is 5.03. The molecule has 3 N–H and O–H groups in total. The Bertz CT molecular complexity index is 837. The van der Waals surface area contributed by atoms with Crippen molar-refractivity contribution in [3.8, 4) is 0 Å². The van der Waals surface area contributed by atoms with Crippen molar-refractivity contribution in [2.24, 2.45) is 0 Å². The number of hydrogen-bond acceptors (Lipinski definition) is 3. The van der Waals surface area contributed by atoms with E-state index in [1.165, 1.54) is 12.1 Å². The van der Waals surface area contributed by atoms with Gasteiger partial charge in [-0.2, -0.15) is 0 Å². The molecular weight excluding hydrogens is 366 g/mol. The highest BCUT2D eigenvalue weighted by atomic mass is 32.2. The zero-order valence-electron chi connectivity index (χ0n) is 15.4. The minimum Gasteiger partial charge on any atom is -0.331 e. The number of rotatable bonds is 6. The Morgan fingerprint density at radius 1 is 0.885 bits per heavy atom. The lowest BCUT2D eigenvalue weighted by atomic mass is 9.93. The van der Waals surface area contributed by atoms with Crippen LogP contribution >= 0.6 is 12.2 Å². The van der Waals surface area contributed by atoms with Gasteiger partial charge in [0, 0.05) is 5.69 Å². The predicted molar refractivity (Wildman–Crippen MR) is 111 cm³/mol. The maximum Gasteiger partial charge on any atom is 0.257 e. The fourth-order valence-electron chi connectivity index (χ4n) is 2.61. The SMILES string of the molecule is CC(C)c1cccc(C(C)C)c1NC(=S)NNS(=O)(=O)c1ccccc1. The van der Waals surface area contributed by atoms with Crippen LogP contribution in [0.25, 0.3) is 0 Å². The molecule has 0 saturated heterocycles. The van der Waals surface area contributed by atoms with E-state index in [9.17, 15) is 8.42 Å². The third-order valence-electron chi connectivity index (χ3n) is 3.96. The summed E-state index contributed by atoms with van der Waals surface area (Å²) in [6.45, 7) is 8.44. The van der Waals surface area contributed by atoms with E-state index in [1.807, 2.05) is 6.07 Å². The van der Waals surface area contributed by atoms with Crippen molar-refractivity contribution in [3.63, 3.8) is 0 Å². The number of nitrogens with one attached hydrogen (secondary N) is 3. The molecule has 0 aliphatic heterocycles. The van der Waals surface area contributed by atoms with Crippen LogP contribution < -0.4 is 15.6 Å². The maximum absolute atomic E-state index is 12.3.